The van der Waals surface area contributed by atoms with E-state index >= 15 is 0 Å². The van der Waals surface area contributed by atoms with E-state index in [9.17, 15) is 27.6 Å². The highest BCUT2D eigenvalue weighted by molar-refractivity contribution is 5.99. The molecule has 0 saturated heterocycles. The van der Waals surface area contributed by atoms with E-state index in [2.05, 4.69) is 0 Å². The van der Waals surface area contributed by atoms with Crippen LogP contribution in [0.2, 0.25) is 0 Å². The Morgan fingerprint density at radius 1 is 1.06 bits per heavy atom. The molecule has 0 saturated carbocycles. The molecule has 8 heteroatoms. The zero-order valence-corrected chi connectivity index (χ0v) is 8.49. The molecule has 96 valence electrons. The SMILES string of the molecule is O=Cc1cc(C(=O)O)c(C(F)(F)F)c(C(=O)O)c1. The van der Waals surface area contributed by atoms with Gasteiger partial charge in [0.05, 0.1) is 16.7 Å². The fourth-order valence-corrected chi connectivity index (χ4v) is 1.38. The minimum Gasteiger partial charge on any atom is -0.478 e. The third-order valence-corrected chi connectivity index (χ3v) is 2.04. The number of hydrogen-bond acceptors (Lipinski definition) is 3. The summed E-state index contributed by atoms with van der Waals surface area (Å²) in [6.07, 6.45) is -5.08. The molecule has 1 rings (SSSR count). The monoisotopic (exact) mass is 262 g/mol. The van der Waals surface area contributed by atoms with Crippen molar-refractivity contribution >= 4 is 18.2 Å². The molecule has 0 fully saturated rings. The van der Waals surface area contributed by atoms with E-state index in [-0.39, 0.29) is 6.29 Å². The van der Waals surface area contributed by atoms with Crippen LogP contribution in [-0.4, -0.2) is 28.4 Å². The highest BCUT2D eigenvalue weighted by Gasteiger charge is 2.40. The molecule has 0 heterocycles. The Bertz CT molecular complexity index is 498. The van der Waals surface area contributed by atoms with Crippen molar-refractivity contribution in [2.75, 3.05) is 0 Å². The Morgan fingerprint density at radius 3 is 1.67 bits per heavy atom. The predicted octanol–water partition coefficient (Wildman–Crippen LogP) is 1.91. The number of carbonyl (C=O) groups is 3. The van der Waals surface area contributed by atoms with Crippen molar-refractivity contribution in [2.24, 2.45) is 0 Å². The quantitative estimate of drug-likeness (QED) is 0.812. The van der Waals surface area contributed by atoms with Gasteiger partial charge in [-0.15, -0.1) is 0 Å². The molecule has 0 radical (unpaired) electrons. The molecule has 0 bridgehead atoms. The van der Waals surface area contributed by atoms with Gasteiger partial charge in [0, 0.05) is 5.56 Å². The molecule has 1 aromatic carbocycles. The van der Waals surface area contributed by atoms with Gasteiger partial charge in [-0.2, -0.15) is 13.2 Å². The molecule has 0 unspecified atom stereocenters. The lowest BCUT2D eigenvalue weighted by molar-refractivity contribution is -0.138. The second-order valence-electron chi connectivity index (χ2n) is 3.22. The number of halogens is 3. The van der Waals surface area contributed by atoms with Crippen LogP contribution in [0, 0.1) is 0 Å². The Balaban J connectivity index is 3.78. The van der Waals surface area contributed by atoms with Crippen LogP contribution in [0.3, 0.4) is 0 Å². The zero-order chi connectivity index (χ0) is 14.1. The summed E-state index contributed by atoms with van der Waals surface area (Å²) in [5.74, 6) is -3.93. The Kier molecular flexibility index (Phi) is 3.40. The van der Waals surface area contributed by atoms with Crippen LogP contribution in [0.15, 0.2) is 12.1 Å². The van der Waals surface area contributed by atoms with Crippen molar-refractivity contribution in [1.82, 2.24) is 0 Å². The zero-order valence-electron chi connectivity index (χ0n) is 8.49. The summed E-state index contributed by atoms with van der Waals surface area (Å²) in [5, 5.41) is 17.3. The topological polar surface area (TPSA) is 91.7 Å². The second kappa shape index (κ2) is 4.47. The summed E-state index contributed by atoms with van der Waals surface area (Å²) in [6.45, 7) is 0. The van der Waals surface area contributed by atoms with Gasteiger partial charge in [-0.25, -0.2) is 9.59 Å². The van der Waals surface area contributed by atoms with Crippen molar-refractivity contribution in [1.29, 1.82) is 0 Å². The maximum atomic E-state index is 12.7. The number of rotatable bonds is 3. The highest BCUT2D eigenvalue weighted by Crippen LogP contribution is 2.35. The molecule has 18 heavy (non-hydrogen) atoms. The summed E-state index contributed by atoms with van der Waals surface area (Å²) >= 11 is 0. The number of benzene rings is 1. The minimum absolute atomic E-state index is 0.0685. The lowest BCUT2D eigenvalue weighted by Gasteiger charge is -2.13. The molecule has 5 nitrogen and oxygen atoms in total. The van der Waals surface area contributed by atoms with Crippen LogP contribution in [0.5, 0.6) is 0 Å². The molecule has 0 aliphatic heterocycles. The summed E-state index contributed by atoms with van der Waals surface area (Å²) < 4.78 is 38.0. The fourth-order valence-electron chi connectivity index (χ4n) is 1.38. The first kappa shape index (κ1) is 13.7. The first-order valence-corrected chi connectivity index (χ1v) is 4.35. The van der Waals surface area contributed by atoms with Crippen LogP contribution in [0.25, 0.3) is 0 Å². The third kappa shape index (κ3) is 2.47. The van der Waals surface area contributed by atoms with Gasteiger partial charge in [0.2, 0.25) is 0 Å². The van der Waals surface area contributed by atoms with Crippen LogP contribution < -0.4 is 0 Å². The molecular weight excluding hydrogens is 257 g/mol. The molecule has 0 spiro atoms. The standard InChI is InChI=1S/C10H5F3O5/c11-10(12,13)7-5(8(15)16)1-4(3-14)2-6(7)9(17)18/h1-3H,(H,15,16)(H,17,18). The fraction of sp³-hybridized carbons (Fsp3) is 0.100. The lowest BCUT2D eigenvalue weighted by Crippen LogP contribution is -2.19. The van der Waals surface area contributed by atoms with Gasteiger partial charge in [-0.05, 0) is 12.1 Å². The van der Waals surface area contributed by atoms with Gasteiger partial charge in [0.25, 0.3) is 0 Å². The Morgan fingerprint density at radius 2 is 1.44 bits per heavy atom. The predicted molar refractivity (Wildman–Crippen MR) is 50.8 cm³/mol. The van der Waals surface area contributed by atoms with Crippen molar-refractivity contribution in [3.63, 3.8) is 0 Å². The summed E-state index contributed by atoms with van der Waals surface area (Å²) in [4.78, 5) is 31.9. The van der Waals surface area contributed by atoms with Gasteiger partial charge in [0.1, 0.15) is 6.29 Å². The van der Waals surface area contributed by atoms with Gasteiger partial charge in [0.15, 0.2) is 0 Å². The maximum Gasteiger partial charge on any atom is 0.418 e. The number of carboxylic acid groups (broad SMARTS) is 2. The highest BCUT2D eigenvalue weighted by atomic mass is 19.4. The molecule has 1 aromatic rings. The van der Waals surface area contributed by atoms with Crippen molar-refractivity contribution in [2.45, 2.75) is 6.18 Å². The number of alkyl halides is 3. The molecule has 0 aliphatic rings. The van der Waals surface area contributed by atoms with Crippen LogP contribution in [0.4, 0.5) is 13.2 Å². The Labute approximate surface area is 97.5 Å². The molecule has 2 N–H and O–H groups in total. The summed E-state index contributed by atoms with van der Waals surface area (Å²) in [6, 6.07) is 0.954. The second-order valence-corrected chi connectivity index (χ2v) is 3.22. The lowest BCUT2D eigenvalue weighted by atomic mass is 9.97. The van der Waals surface area contributed by atoms with E-state index in [4.69, 9.17) is 10.2 Å². The molecule has 0 aromatic heterocycles. The Hall–Kier alpha value is -2.38. The van der Waals surface area contributed by atoms with Gasteiger partial charge >= 0.3 is 18.1 Å². The first-order valence-electron chi connectivity index (χ1n) is 4.35. The van der Waals surface area contributed by atoms with Crippen molar-refractivity contribution in [3.8, 4) is 0 Å². The van der Waals surface area contributed by atoms with Gasteiger partial charge in [-0.1, -0.05) is 0 Å². The number of aldehydes is 1. The van der Waals surface area contributed by atoms with E-state index < -0.39 is 40.4 Å². The number of carbonyl (C=O) groups excluding carboxylic acids is 1. The molecule has 0 amide bonds. The van der Waals surface area contributed by atoms with Crippen molar-refractivity contribution in [3.05, 3.63) is 34.4 Å². The summed E-state index contributed by atoms with van der Waals surface area (Å²) in [5.41, 5.74) is -4.79. The van der Waals surface area contributed by atoms with E-state index in [1.807, 2.05) is 0 Å². The number of aromatic carboxylic acids is 2. The smallest absolute Gasteiger partial charge is 0.418 e. The maximum absolute atomic E-state index is 12.7. The molecular formula is C10H5F3O5. The van der Waals surface area contributed by atoms with E-state index in [1.165, 1.54) is 0 Å². The average molecular weight is 262 g/mol. The number of hydrogen-bond donors (Lipinski definition) is 2. The van der Waals surface area contributed by atoms with E-state index in [1.54, 1.807) is 0 Å². The van der Waals surface area contributed by atoms with Gasteiger partial charge < -0.3 is 10.2 Å². The molecule has 0 aliphatic carbocycles. The first-order chi connectivity index (χ1) is 8.18. The van der Waals surface area contributed by atoms with Crippen molar-refractivity contribution < 1.29 is 37.8 Å². The van der Waals surface area contributed by atoms with E-state index in [0.717, 1.165) is 0 Å². The van der Waals surface area contributed by atoms with E-state index in [0.29, 0.717) is 12.1 Å². The molecule has 0 atom stereocenters. The minimum atomic E-state index is -5.15. The average Bonchev–Trinajstić information content (AvgIpc) is 2.25. The third-order valence-electron chi connectivity index (χ3n) is 2.04. The van der Waals surface area contributed by atoms with Crippen LogP contribution >= 0.6 is 0 Å². The van der Waals surface area contributed by atoms with Crippen LogP contribution in [-0.2, 0) is 6.18 Å². The van der Waals surface area contributed by atoms with Crippen LogP contribution in [0.1, 0.15) is 36.6 Å². The number of carboxylic acids is 2. The summed E-state index contributed by atoms with van der Waals surface area (Å²) in [7, 11) is 0. The van der Waals surface area contributed by atoms with Gasteiger partial charge in [-0.3, -0.25) is 4.79 Å². The normalized spacial score (nSPS) is 11.1. The largest absolute Gasteiger partial charge is 0.478 e.